The molecule has 3 rings (SSSR count). The van der Waals surface area contributed by atoms with Crippen molar-refractivity contribution in [3.8, 4) is 0 Å². The van der Waals surface area contributed by atoms with E-state index in [0.29, 0.717) is 27.5 Å². The van der Waals surface area contributed by atoms with Crippen molar-refractivity contribution in [1.29, 1.82) is 0 Å². The van der Waals surface area contributed by atoms with Crippen molar-refractivity contribution in [2.75, 3.05) is 11.9 Å². The van der Waals surface area contributed by atoms with Gasteiger partial charge in [-0.3, -0.25) is 29.4 Å². The minimum Gasteiger partial charge on any atom is -0.324 e. The van der Waals surface area contributed by atoms with Crippen LogP contribution < -0.4 is 5.32 Å². The maximum absolute atomic E-state index is 12.6. The molecule has 1 fully saturated rings. The summed E-state index contributed by atoms with van der Waals surface area (Å²) in [7, 11) is 0. The fourth-order valence-electron chi connectivity index (χ4n) is 2.77. The smallest absolute Gasteiger partial charge is 0.294 e. The maximum atomic E-state index is 12.6. The molecule has 10 heteroatoms. The zero-order chi connectivity index (χ0) is 22.0. The number of anilines is 1. The third kappa shape index (κ3) is 4.60. The topological polar surface area (TPSA) is 110 Å². The molecule has 0 aromatic heterocycles. The molecule has 3 amide bonds. The molecule has 0 radical (unpaired) electrons. The van der Waals surface area contributed by atoms with Crippen molar-refractivity contribution in [3.63, 3.8) is 0 Å². The van der Waals surface area contributed by atoms with Crippen molar-refractivity contribution in [2.45, 2.75) is 13.8 Å². The number of imide groups is 1. The van der Waals surface area contributed by atoms with Gasteiger partial charge in [-0.05, 0) is 76.4 Å². The second kappa shape index (κ2) is 8.80. The zero-order valence-corrected chi connectivity index (χ0v) is 18.4. The maximum Gasteiger partial charge on any atom is 0.294 e. The van der Waals surface area contributed by atoms with E-state index in [1.54, 1.807) is 18.2 Å². The van der Waals surface area contributed by atoms with Gasteiger partial charge in [0.15, 0.2) is 0 Å². The van der Waals surface area contributed by atoms with Crippen molar-refractivity contribution in [2.24, 2.45) is 0 Å². The van der Waals surface area contributed by atoms with E-state index in [-0.39, 0.29) is 10.6 Å². The minimum absolute atomic E-state index is 0.0937. The monoisotopic (exact) mass is 489 g/mol. The molecule has 0 spiro atoms. The van der Waals surface area contributed by atoms with E-state index in [1.165, 1.54) is 18.2 Å². The van der Waals surface area contributed by atoms with E-state index in [1.807, 2.05) is 19.9 Å². The van der Waals surface area contributed by atoms with Gasteiger partial charge in [0.2, 0.25) is 5.91 Å². The van der Waals surface area contributed by atoms with Crippen LogP contribution in [0.1, 0.15) is 16.7 Å². The number of nitro groups is 1. The van der Waals surface area contributed by atoms with Crippen LogP contribution >= 0.6 is 27.7 Å². The number of amides is 3. The largest absolute Gasteiger partial charge is 0.324 e. The Bertz CT molecular complexity index is 1120. The van der Waals surface area contributed by atoms with Crippen LogP contribution in [0, 0.1) is 24.0 Å². The van der Waals surface area contributed by atoms with Crippen molar-refractivity contribution < 1.29 is 19.3 Å². The van der Waals surface area contributed by atoms with Gasteiger partial charge >= 0.3 is 0 Å². The number of hydrogen-bond acceptors (Lipinski definition) is 6. The second-order valence-corrected chi connectivity index (χ2v) is 8.38. The summed E-state index contributed by atoms with van der Waals surface area (Å²) in [5.41, 5.74) is 2.76. The second-order valence-electron chi connectivity index (χ2n) is 6.53. The van der Waals surface area contributed by atoms with Crippen LogP contribution in [0.15, 0.2) is 45.8 Å². The predicted octanol–water partition coefficient (Wildman–Crippen LogP) is 4.65. The van der Waals surface area contributed by atoms with E-state index in [0.717, 1.165) is 16.0 Å². The number of hydrogen-bond donors (Lipinski definition) is 1. The van der Waals surface area contributed by atoms with Crippen LogP contribution in [0.4, 0.5) is 16.2 Å². The Morgan fingerprint density at radius 2 is 2.00 bits per heavy atom. The number of nitrogens with zero attached hydrogens (tertiary/aromatic N) is 2. The van der Waals surface area contributed by atoms with Gasteiger partial charge in [-0.25, -0.2) is 0 Å². The molecule has 0 aliphatic carbocycles. The highest BCUT2D eigenvalue weighted by Gasteiger charge is 2.36. The Morgan fingerprint density at radius 1 is 1.27 bits per heavy atom. The highest BCUT2D eigenvalue weighted by molar-refractivity contribution is 9.10. The first-order valence-corrected chi connectivity index (χ1v) is 10.3. The number of rotatable bonds is 5. The number of carbonyl (C=O) groups is 3. The Labute approximate surface area is 184 Å². The summed E-state index contributed by atoms with van der Waals surface area (Å²) in [4.78, 5) is 48.7. The molecule has 8 nitrogen and oxygen atoms in total. The first-order valence-electron chi connectivity index (χ1n) is 8.72. The third-order valence-electron chi connectivity index (χ3n) is 4.52. The Balaban J connectivity index is 1.75. The number of halogens is 1. The Kier molecular flexibility index (Phi) is 6.37. The lowest BCUT2D eigenvalue weighted by molar-refractivity contribution is -0.385. The summed E-state index contributed by atoms with van der Waals surface area (Å²) in [6, 6.07) is 9.83. The zero-order valence-electron chi connectivity index (χ0n) is 16.0. The molecule has 0 bridgehead atoms. The van der Waals surface area contributed by atoms with Gasteiger partial charge in [-0.15, -0.1) is 0 Å². The minimum atomic E-state index is -0.619. The normalized spacial score (nSPS) is 15.0. The molecule has 0 saturated carbocycles. The van der Waals surface area contributed by atoms with Crippen LogP contribution in [0.3, 0.4) is 0 Å². The van der Waals surface area contributed by atoms with E-state index < -0.39 is 28.5 Å². The van der Waals surface area contributed by atoms with Crippen LogP contribution in [-0.2, 0) is 9.59 Å². The molecule has 30 heavy (non-hydrogen) atoms. The first kappa shape index (κ1) is 21.7. The van der Waals surface area contributed by atoms with Crippen LogP contribution in [0.5, 0.6) is 0 Å². The molecule has 1 aliphatic heterocycles. The van der Waals surface area contributed by atoms with E-state index in [4.69, 9.17) is 0 Å². The van der Waals surface area contributed by atoms with Gasteiger partial charge < -0.3 is 5.32 Å². The molecule has 1 saturated heterocycles. The quantitative estimate of drug-likeness (QED) is 0.371. The number of thioether (sulfide) groups is 1. The number of carbonyl (C=O) groups excluding carboxylic acids is 3. The summed E-state index contributed by atoms with van der Waals surface area (Å²) in [6.07, 6.45) is 1.40. The van der Waals surface area contributed by atoms with Crippen LogP contribution in [-0.4, -0.2) is 33.4 Å². The molecule has 1 aliphatic rings. The third-order valence-corrected chi connectivity index (χ3v) is 6.10. The molecule has 2 aromatic rings. The molecular weight excluding hydrogens is 474 g/mol. The van der Waals surface area contributed by atoms with E-state index >= 15 is 0 Å². The van der Waals surface area contributed by atoms with Crippen molar-refractivity contribution >= 4 is 62.2 Å². The molecule has 1 N–H and O–H groups in total. The lowest BCUT2D eigenvalue weighted by Gasteiger charge is -2.14. The number of benzene rings is 2. The van der Waals surface area contributed by atoms with Gasteiger partial charge in [0.05, 0.1) is 14.3 Å². The van der Waals surface area contributed by atoms with E-state index in [2.05, 4.69) is 21.2 Å². The van der Waals surface area contributed by atoms with Gasteiger partial charge in [0.1, 0.15) is 6.54 Å². The average molecular weight is 490 g/mol. The van der Waals surface area contributed by atoms with Gasteiger partial charge in [-0.2, -0.15) is 0 Å². The first-order chi connectivity index (χ1) is 14.2. The molecule has 1 heterocycles. The predicted molar refractivity (Wildman–Crippen MR) is 118 cm³/mol. The summed E-state index contributed by atoms with van der Waals surface area (Å²) >= 11 is 3.78. The highest BCUT2D eigenvalue weighted by Crippen LogP contribution is 2.33. The summed E-state index contributed by atoms with van der Waals surface area (Å²) in [5, 5.41) is 13.2. The van der Waals surface area contributed by atoms with Gasteiger partial charge in [-0.1, -0.05) is 18.2 Å². The molecule has 2 aromatic carbocycles. The summed E-state index contributed by atoms with van der Waals surface area (Å²) in [6.45, 7) is 3.36. The molecule has 0 atom stereocenters. The number of aryl methyl sites for hydroxylation is 1. The SMILES string of the molecule is Cc1cccc(NC(=O)CN2C(=O)S/C(=C\c3ccc(Br)c([N+](=O)[O-])c3)C2=O)c1C. The average Bonchev–Trinajstić information content (AvgIpc) is 2.94. The molecular formula is C20H16BrN3O5S. The van der Waals surface area contributed by atoms with Crippen LogP contribution in [0.2, 0.25) is 0 Å². The fraction of sp³-hybridized carbons (Fsp3) is 0.150. The van der Waals surface area contributed by atoms with Gasteiger partial charge in [0.25, 0.3) is 16.8 Å². The molecule has 0 unspecified atom stereocenters. The lowest BCUT2D eigenvalue weighted by atomic mass is 10.1. The lowest BCUT2D eigenvalue weighted by Crippen LogP contribution is -2.36. The van der Waals surface area contributed by atoms with Crippen LogP contribution in [0.25, 0.3) is 6.08 Å². The fourth-order valence-corrected chi connectivity index (χ4v) is 4.00. The summed E-state index contributed by atoms with van der Waals surface area (Å²) in [5.74, 6) is -1.11. The van der Waals surface area contributed by atoms with Crippen molar-refractivity contribution in [3.05, 3.63) is 72.6 Å². The molecule has 154 valence electrons. The number of nitro benzene ring substituents is 1. The van der Waals surface area contributed by atoms with Crippen molar-refractivity contribution in [1.82, 2.24) is 4.90 Å². The standard InChI is InChI=1S/C20H16BrN3O5S/c1-11-4-3-5-15(12(11)2)22-18(25)10-23-19(26)17(30-20(23)27)9-13-6-7-14(21)16(8-13)24(28)29/h3-9H,10H2,1-2H3,(H,22,25)/b17-9-. The van der Waals surface area contributed by atoms with Gasteiger partial charge in [0, 0.05) is 11.8 Å². The Hall–Kier alpha value is -2.98. The number of nitrogens with one attached hydrogen (secondary N) is 1. The summed E-state index contributed by atoms with van der Waals surface area (Å²) < 4.78 is 0.306. The Morgan fingerprint density at radius 3 is 2.70 bits per heavy atom. The van der Waals surface area contributed by atoms with E-state index in [9.17, 15) is 24.5 Å². The highest BCUT2D eigenvalue weighted by atomic mass is 79.9.